The molecule has 3 aromatic rings. The Morgan fingerprint density at radius 2 is 2.00 bits per heavy atom. The lowest BCUT2D eigenvalue weighted by molar-refractivity contribution is -0.0514. The Kier molecular flexibility index (Phi) is 6.18. The zero-order valence-corrected chi connectivity index (χ0v) is 16.8. The number of para-hydroxylation sites is 1. The van der Waals surface area contributed by atoms with Crippen molar-refractivity contribution in [2.75, 3.05) is 13.7 Å². The number of rotatable bonds is 7. The van der Waals surface area contributed by atoms with Gasteiger partial charge in [-0.25, -0.2) is 0 Å². The summed E-state index contributed by atoms with van der Waals surface area (Å²) in [5, 5.41) is 0.818. The van der Waals surface area contributed by atoms with Gasteiger partial charge in [0.05, 0.1) is 11.1 Å². The lowest BCUT2D eigenvalue weighted by Crippen LogP contribution is -2.25. The van der Waals surface area contributed by atoms with E-state index in [2.05, 4.69) is 20.7 Å². The number of halogens is 3. The van der Waals surface area contributed by atoms with Gasteiger partial charge in [0.1, 0.15) is 5.58 Å². The molecule has 5 nitrogen and oxygen atoms in total. The van der Waals surface area contributed by atoms with Gasteiger partial charge >= 0.3 is 6.61 Å². The summed E-state index contributed by atoms with van der Waals surface area (Å²) in [6.45, 7) is -0.659. The number of benzene rings is 2. The Labute approximate surface area is 169 Å². The van der Waals surface area contributed by atoms with Gasteiger partial charge in [0.2, 0.25) is 0 Å². The summed E-state index contributed by atoms with van der Waals surface area (Å²) in [6.07, 6.45) is 0. The van der Waals surface area contributed by atoms with Gasteiger partial charge in [-0.05, 0) is 52.7 Å². The molecule has 0 radical (unpaired) electrons. The number of hydrogen-bond acceptors (Lipinski definition) is 4. The summed E-state index contributed by atoms with van der Waals surface area (Å²) in [5.41, 5.74) is 1.31. The second-order valence-corrected chi connectivity index (χ2v) is 6.88. The second kappa shape index (κ2) is 8.60. The highest BCUT2D eigenvalue weighted by molar-refractivity contribution is 9.10. The summed E-state index contributed by atoms with van der Waals surface area (Å²) < 4.78 is 41.3. The van der Waals surface area contributed by atoms with Crippen molar-refractivity contribution in [2.24, 2.45) is 0 Å². The van der Waals surface area contributed by atoms with Crippen molar-refractivity contribution in [1.29, 1.82) is 0 Å². The fraction of sp³-hybridized carbons (Fsp3) is 0.250. The maximum absolute atomic E-state index is 12.7. The molecular weight excluding hydrogens is 436 g/mol. The lowest BCUT2D eigenvalue weighted by atomic mass is 10.2. The molecule has 0 spiro atoms. The van der Waals surface area contributed by atoms with Crippen LogP contribution in [0.4, 0.5) is 8.78 Å². The minimum atomic E-state index is -2.94. The van der Waals surface area contributed by atoms with Crippen molar-refractivity contribution >= 4 is 32.8 Å². The van der Waals surface area contributed by atoms with Crippen LogP contribution < -0.4 is 9.47 Å². The summed E-state index contributed by atoms with van der Waals surface area (Å²) in [6, 6.07) is 11.8. The number of alkyl halides is 2. The number of ether oxygens (including phenoxy) is 2. The molecule has 1 amide bonds. The predicted octanol–water partition coefficient (Wildman–Crippen LogP) is 5.47. The molecule has 0 unspecified atom stereocenters. The van der Waals surface area contributed by atoms with Crippen LogP contribution in [0.25, 0.3) is 11.0 Å². The summed E-state index contributed by atoms with van der Waals surface area (Å²) >= 11 is 3.40. The molecule has 28 heavy (non-hydrogen) atoms. The maximum atomic E-state index is 12.7. The number of hydrogen-bond donors (Lipinski definition) is 0. The monoisotopic (exact) mass is 453 g/mol. The highest BCUT2D eigenvalue weighted by atomic mass is 79.9. The van der Waals surface area contributed by atoms with Gasteiger partial charge in [0.15, 0.2) is 17.3 Å². The van der Waals surface area contributed by atoms with E-state index in [0.29, 0.717) is 17.8 Å². The fourth-order valence-corrected chi connectivity index (χ4v) is 3.24. The van der Waals surface area contributed by atoms with Crippen LogP contribution in [-0.4, -0.2) is 31.1 Å². The molecule has 1 aromatic heterocycles. The van der Waals surface area contributed by atoms with E-state index in [4.69, 9.17) is 9.15 Å². The molecule has 1 heterocycles. The zero-order valence-electron chi connectivity index (χ0n) is 15.2. The van der Waals surface area contributed by atoms with Gasteiger partial charge in [-0.2, -0.15) is 8.78 Å². The third kappa shape index (κ3) is 4.44. The van der Waals surface area contributed by atoms with E-state index in [0.717, 1.165) is 9.86 Å². The first-order valence-electron chi connectivity index (χ1n) is 8.53. The Morgan fingerprint density at radius 1 is 1.21 bits per heavy atom. The third-order valence-corrected chi connectivity index (χ3v) is 4.62. The molecule has 0 N–H and O–H groups in total. The van der Waals surface area contributed by atoms with Gasteiger partial charge in [-0.15, -0.1) is 0 Å². The van der Waals surface area contributed by atoms with Gasteiger partial charge in [-0.3, -0.25) is 4.79 Å². The Bertz CT molecular complexity index is 989. The van der Waals surface area contributed by atoms with E-state index in [1.165, 1.54) is 11.0 Å². The van der Waals surface area contributed by atoms with Crippen LogP contribution >= 0.6 is 15.9 Å². The number of furan rings is 1. The molecule has 148 valence electrons. The predicted molar refractivity (Wildman–Crippen MR) is 104 cm³/mol. The Morgan fingerprint density at radius 3 is 2.68 bits per heavy atom. The minimum absolute atomic E-state index is 0.0447. The lowest BCUT2D eigenvalue weighted by Gasteiger charge is -2.18. The zero-order chi connectivity index (χ0) is 20.3. The second-order valence-electron chi connectivity index (χ2n) is 6.02. The van der Waals surface area contributed by atoms with Crippen molar-refractivity contribution in [3.8, 4) is 11.5 Å². The molecule has 0 aliphatic rings. The van der Waals surface area contributed by atoms with Crippen LogP contribution in [0.3, 0.4) is 0 Å². The molecular formula is C20H18BrF2NO4. The topological polar surface area (TPSA) is 51.9 Å². The first kappa shape index (κ1) is 20.1. The number of nitrogens with zero attached hydrogens (tertiary/aromatic N) is 1. The van der Waals surface area contributed by atoms with Crippen LogP contribution in [0.5, 0.6) is 11.5 Å². The summed E-state index contributed by atoms with van der Waals surface area (Å²) in [7, 11) is 1.63. The molecule has 0 atom stereocenters. The maximum Gasteiger partial charge on any atom is 0.387 e. The number of carbonyl (C=O) groups is 1. The fourth-order valence-electron chi connectivity index (χ4n) is 2.78. The molecule has 0 aliphatic heterocycles. The highest BCUT2D eigenvalue weighted by Gasteiger charge is 2.19. The van der Waals surface area contributed by atoms with Crippen molar-refractivity contribution in [3.05, 3.63) is 58.3 Å². The van der Waals surface area contributed by atoms with Gasteiger partial charge < -0.3 is 18.8 Å². The number of fused-ring (bicyclic) bond motifs is 1. The number of carbonyl (C=O) groups excluding carboxylic acids is 1. The molecule has 3 rings (SSSR count). The molecule has 8 heteroatoms. The molecule has 0 saturated heterocycles. The minimum Gasteiger partial charge on any atom is -0.490 e. The first-order chi connectivity index (χ1) is 13.4. The van der Waals surface area contributed by atoms with Crippen molar-refractivity contribution in [2.45, 2.75) is 20.1 Å². The van der Waals surface area contributed by atoms with E-state index in [1.807, 2.05) is 18.2 Å². The third-order valence-electron chi connectivity index (χ3n) is 4.00. The van der Waals surface area contributed by atoms with Crippen LogP contribution in [0.15, 0.2) is 51.4 Å². The van der Waals surface area contributed by atoms with E-state index in [9.17, 15) is 13.6 Å². The van der Waals surface area contributed by atoms with Gasteiger partial charge in [0.25, 0.3) is 5.91 Å². The molecule has 0 fully saturated rings. The molecule has 0 bridgehead atoms. The smallest absolute Gasteiger partial charge is 0.387 e. The SMILES string of the molecule is CCOc1cc(CN(C)C(=O)c2cc3cccc(Br)c3o2)ccc1OC(F)F. The largest absolute Gasteiger partial charge is 0.490 e. The van der Waals surface area contributed by atoms with Crippen molar-refractivity contribution in [1.82, 2.24) is 4.90 Å². The van der Waals surface area contributed by atoms with Crippen LogP contribution in [0, 0.1) is 0 Å². The average molecular weight is 454 g/mol. The summed E-state index contributed by atoms with van der Waals surface area (Å²) in [4.78, 5) is 14.2. The van der Waals surface area contributed by atoms with E-state index >= 15 is 0 Å². The van der Waals surface area contributed by atoms with Crippen LogP contribution in [-0.2, 0) is 6.54 Å². The quantitative estimate of drug-likeness (QED) is 0.476. The average Bonchev–Trinajstić information content (AvgIpc) is 3.09. The van der Waals surface area contributed by atoms with E-state index in [-0.39, 0.29) is 29.7 Å². The Balaban J connectivity index is 1.79. The number of amides is 1. The summed E-state index contributed by atoms with van der Waals surface area (Å²) in [5.74, 6) is 0.0755. The van der Waals surface area contributed by atoms with E-state index < -0.39 is 6.61 Å². The van der Waals surface area contributed by atoms with Crippen LogP contribution in [0.1, 0.15) is 23.0 Å². The standard InChI is InChI=1S/C20H18BrF2NO4/c1-3-26-16-9-12(7-8-15(16)28-20(22)23)11-24(2)19(25)17-10-13-5-4-6-14(21)18(13)27-17/h4-10,20H,3,11H2,1-2H3. The molecule has 0 saturated carbocycles. The van der Waals surface area contributed by atoms with Gasteiger partial charge in [0, 0.05) is 19.0 Å². The first-order valence-corrected chi connectivity index (χ1v) is 9.32. The van der Waals surface area contributed by atoms with Crippen LogP contribution in [0.2, 0.25) is 0 Å². The van der Waals surface area contributed by atoms with Crippen molar-refractivity contribution in [3.63, 3.8) is 0 Å². The Hall–Kier alpha value is -2.61. The molecule has 2 aromatic carbocycles. The van der Waals surface area contributed by atoms with E-state index in [1.54, 1.807) is 32.2 Å². The molecule has 0 aliphatic carbocycles. The van der Waals surface area contributed by atoms with Gasteiger partial charge in [-0.1, -0.05) is 18.2 Å². The normalized spacial score (nSPS) is 11.1. The van der Waals surface area contributed by atoms with Crippen molar-refractivity contribution < 1.29 is 27.5 Å². The highest BCUT2D eigenvalue weighted by Crippen LogP contribution is 2.31.